The van der Waals surface area contributed by atoms with Gasteiger partial charge in [-0.2, -0.15) is 0 Å². The van der Waals surface area contributed by atoms with E-state index in [1.54, 1.807) is 0 Å². The maximum Gasteiger partial charge on any atom is 0.139 e. The summed E-state index contributed by atoms with van der Waals surface area (Å²) in [4.78, 5) is 12.6. The number of fused-ring (bicyclic) bond motifs is 5. The van der Waals surface area contributed by atoms with Crippen LogP contribution in [0, 0.1) is 28.6 Å². The first-order valence-electron chi connectivity index (χ1n) is 9.56. The molecule has 0 saturated heterocycles. The van der Waals surface area contributed by atoms with Crippen molar-refractivity contribution < 1.29 is 20.1 Å². The monoisotopic (exact) mass is 334 g/mol. The average Bonchev–Trinajstić information content (AvgIpc) is 2.74. The Morgan fingerprint density at radius 2 is 1.75 bits per heavy atom. The second-order valence-electron chi connectivity index (χ2n) is 9.19. The van der Waals surface area contributed by atoms with Gasteiger partial charge < -0.3 is 15.3 Å². The van der Waals surface area contributed by atoms with Crippen molar-refractivity contribution in [1.29, 1.82) is 0 Å². The van der Waals surface area contributed by atoms with Crippen molar-refractivity contribution in [3.05, 3.63) is 11.6 Å². The van der Waals surface area contributed by atoms with Crippen LogP contribution in [0.15, 0.2) is 11.6 Å². The molecule has 4 nitrogen and oxygen atoms in total. The number of Topliss-reactive ketones (excluding diaryl/α,β-unsaturated/α-hetero) is 1. The van der Waals surface area contributed by atoms with Crippen LogP contribution in [0.5, 0.6) is 0 Å². The maximum atomic E-state index is 12.6. The van der Waals surface area contributed by atoms with Crippen LogP contribution >= 0.6 is 0 Å². The SMILES string of the molecule is CC12CCC(O)CC1=C[C@H](O)C1C2[C@H](O)CCC2(C)C(=O)CC[C@@H]12. The van der Waals surface area contributed by atoms with Crippen LogP contribution in [-0.4, -0.2) is 39.4 Å². The Kier molecular flexibility index (Phi) is 3.76. The number of hydrogen-bond acceptors (Lipinski definition) is 4. The lowest BCUT2D eigenvalue weighted by atomic mass is 9.52. The van der Waals surface area contributed by atoms with Crippen molar-refractivity contribution in [3.8, 4) is 0 Å². The first kappa shape index (κ1) is 16.7. The van der Waals surface area contributed by atoms with Gasteiger partial charge in [0.25, 0.3) is 0 Å². The quantitative estimate of drug-likeness (QED) is 0.594. The van der Waals surface area contributed by atoms with Crippen molar-refractivity contribution in [1.82, 2.24) is 0 Å². The summed E-state index contributed by atoms with van der Waals surface area (Å²) in [6.07, 6.45) is 5.52. The van der Waals surface area contributed by atoms with Crippen LogP contribution in [-0.2, 0) is 4.79 Å². The predicted molar refractivity (Wildman–Crippen MR) is 90.1 cm³/mol. The molecule has 0 aromatic carbocycles. The van der Waals surface area contributed by atoms with E-state index < -0.39 is 17.6 Å². The van der Waals surface area contributed by atoms with Crippen LogP contribution in [0.1, 0.15) is 58.8 Å². The first-order chi connectivity index (χ1) is 11.3. The molecule has 0 aliphatic heterocycles. The zero-order valence-electron chi connectivity index (χ0n) is 14.7. The number of carbonyl (C=O) groups excluding carboxylic acids is 1. The fourth-order valence-corrected chi connectivity index (χ4v) is 6.65. The molecule has 24 heavy (non-hydrogen) atoms. The van der Waals surface area contributed by atoms with E-state index in [2.05, 4.69) is 13.8 Å². The van der Waals surface area contributed by atoms with Crippen LogP contribution in [0.2, 0.25) is 0 Å². The molecule has 3 fully saturated rings. The van der Waals surface area contributed by atoms with E-state index in [4.69, 9.17) is 0 Å². The molecule has 3 N–H and O–H groups in total. The Morgan fingerprint density at radius 3 is 2.50 bits per heavy atom. The molecule has 4 aliphatic carbocycles. The summed E-state index contributed by atoms with van der Waals surface area (Å²) in [7, 11) is 0. The summed E-state index contributed by atoms with van der Waals surface area (Å²) in [5.74, 6) is 0.399. The van der Waals surface area contributed by atoms with Crippen LogP contribution in [0.4, 0.5) is 0 Å². The molecule has 4 heteroatoms. The van der Waals surface area contributed by atoms with E-state index in [1.807, 2.05) is 6.08 Å². The average molecular weight is 334 g/mol. The van der Waals surface area contributed by atoms with Crippen molar-refractivity contribution >= 4 is 5.78 Å². The van der Waals surface area contributed by atoms with E-state index in [1.165, 1.54) is 0 Å². The third-order valence-corrected chi connectivity index (χ3v) is 8.08. The largest absolute Gasteiger partial charge is 0.393 e. The number of ketones is 1. The summed E-state index contributed by atoms with van der Waals surface area (Å²) in [5.41, 5.74) is 0.554. The third-order valence-electron chi connectivity index (χ3n) is 8.08. The first-order valence-corrected chi connectivity index (χ1v) is 9.56. The highest BCUT2D eigenvalue weighted by Crippen LogP contribution is 2.62. The molecule has 0 radical (unpaired) electrons. The van der Waals surface area contributed by atoms with Crippen molar-refractivity contribution in [3.63, 3.8) is 0 Å². The minimum atomic E-state index is -0.619. The summed E-state index contributed by atoms with van der Waals surface area (Å²) >= 11 is 0. The molecule has 4 rings (SSSR count). The highest BCUT2D eigenvalue weighted by Gasteiger charge is 2.61. The maximum absolute atomic E-state index is 12.6. The third kappa shape index (κ3) is 2.12. The van der Waals surface area contributed by atoms with Crippen LogP contribution in [0.25, 0.3) is 0 Å². The number of hydrogen-bond donors (Lipinski definition) is 3. The molecule has 3 saturated carbocycles. The Labute approximate surface area is 144 Å². The standard InChI is InChI=1S/C20H30O4/c1-19-7-5-12(21)9-11(19)10-15(23)17-13-3-4-16(24)20(13,2)8-6-14(22)18(17)19/h10,12-15,17-18,21-23H,3-9H2,1-2H3/t12?,13-,14+,15-,17?,18?,19?,20?/m0/s1. The number of rotatable bonds is 0. The van der Waals surface area contributed by atoms with Gasteiger partial charge in [-0.15, -0.1) is 0 Å². The summed E-state index contributed by atoms with van der Waals surface area (Å²) in [6.45, 7) is 4.26. The van der Waals surface area contributed by atoms with E-state index in [0.29, 0.717) is 25.0 Å². The summed E-state index contributed by atoms with van der Waals surface area (Å²) in [6, 6.07) is 0. The molecule has 4 aliphatic rings. The molecule has 0 heterocycles. The van der Waals surface area contributed by atoms with Gasteiger partial charge in [0.2, 0.25) is 0 Å². The van der Waals surface area contributed by atoms with Crippen molar-refractivity contribution in [2.24, 2.45) is 28.6 Å². The lowest BCUT2D eigenvalue weighted by Gasteiger charge is -2.54. The highest BCUT2D eigenvalue weighted by atomic mass is 16.3. The van der Waals surface area contributed by atoms with E-state index >= 15 is 0 Å². The fraction of sp³-hybridized carbons (Fsp3) is 0.850. The van der Waals surface area contributed by atoms with Gasteiger partial charge in [0.15, 0.2) is 0 Å². The Morgan fingerprint density at radius 1 is 1.04 bits per heavy atom. The zero-order valence-corrected chi connectivity index (χ0v) is 14.7. The van der Waals surface area contributed by atoms with Crippen LogP contribution in [0.3, 0.4) is 0 Å². The van der Waals surface area contributed by atoms with Crippen molar-refractivity contribution in [2.75, 3.05) is 0 Å². The lowest BCUT2D eigenvalue weighted by Crippen LogP contribution is -2.53. The number of aliphatic hydroxyl groups excluding tert-OH is 3. The van der Waals surface area contributed by atoms with E-state index in [0.717, 1.165) is 31.3 Å². The molecule has 0 aromatic heterocycles. The molecule has 0 amide bonds. The normalized spacial score (nSPS) is 54.4. The van der Waals surface area contributed by atoms with Gasteiger partial charge >= 0.3 is 0 Å². The summed E-state index contributed by atoms with van der Waals surface area (Å²) in [5, 5.41) is 32.0. The molecule has 8 atom stereocenters. The predicted octanol–water partition coefficient (Wildman–Crippen LogP) is 2.21. The van der Waals surface area contributed by atoms with Gasteiger partial charge in [-0.05, 0) is 61.7 Å². The van der Waals surface area contributed by atoms with Gasteiger partial charge in [0.05, 0.1) is 18.3 Å². The topological polar surface area (TPSA) is 77.8 Å². The number of carbonyl (C=O) groups is 1. The fourth-order valence-electron chi connectivity index (χ4n) is 6.65. The van der Waals surface area contributed by atoms with Gasteiger partial charge in [-0.1, -0.05) is 25.5 Å². The molecule has 134 valence electrons. The Hall–Kier alpha value is -0.710. The van der Waals surface area contributed by atoms with E-state index in [9.17, 15) is 20.1 Å². The number of aliphatic hydroxyl groups is 3. The second kappa shape index (κ2) is 5.39. The smallest absolute Gasteiger partial charge is 0.139 e. The minimum absolute atomic E-state index is 0.0160. The van der Waals surface area contributed by atoms with Crippen molar-refractivity contribution in [2.45, 2.75) is 77.1 Å². The molecule has 0 bridgehead atoms. The van der Waals surface area contributed by atoms with E-state index in [-0.39, 0.29) is 29.3 Å². The second-order valence-corrected chi connectivity index (χ2v) is 9.19. The highest BCUT2D eigenvalue weighted by molar-refractivity contribution is 5.87. The molecule has 0 spiro atoms. The zero-order chi connectivity index (χ0) is 17.3. The van der Waals surface area contributed by atoms with Gasteiger partial charge in [-0.25, -0.2) is 0 Å². The molecular formula is C20H30O4. The Balaban J connectivity index is 1.81. The van der Waals surface area contributed by atoms with Gasteiger partial charge in [-0.3, -0.25) is 4.79 Å². The van der Waals surface area contributed by atoms with Gasteiger partial charge in [0, 0.05) is 11.8 Å². The Bertz CT molecular complexity index is 584. The van der Waals surface area contributed by atoms with Gasteiger partial charge in [0.1, 0.15) is 5.78 Å². The summed E-state index contributed by atoms with van der Waals surface area (Å²) < 4.78 is 0. The minimum Gasteiger partial charge on any atom is -0.393 e. The lowest BCUT2D eigenvalue weighted by molar-refractivity contribution is -0.128. The molecule has 5 unspecified atom stereocenters. The van der Waals surface area contributed by atoms with Crippen LogP contribution < -0.4 is 0 Å². The molecule has 0 aromatic rings. The molecular weight excluding hydrogens is 304 g/mol.